The topological polar surface area (TPSA) is 24.9 Å². The van der Waals surface area contributed by atoms with E-state index < -0.39 is 0 Å². The Morgan fingerprint density at radius 3 is 3.36 bits per heavy atom. The van der Waals surface area contributed by atoms with Crippen LogP contribution in [0, 0.1) is 0 Å². The normalized spacial score (nSPS) is 20.6. The summed E-state index contributed by atoms with van der Waals surface area (Å²) in [5, 5.41) is 3.26. The van der Waals surface area contributed by atoms with Crippen LogP contribution in [0.25, 0.3) is 6.08 Å². The van der Waals surface area contributed by atoms with Crippen LogP contribution in [0.3, 0.4) is 0 Å². The van der Waals surface area contributed by atoms with Gasteiger partial charge in [0.1, 0.15) is 5.82 Å². The molecule has 11 heavy (non-hydrogen) atoms. The summed E-state index contributed by atoms with van der Waals surface area (Å²) in [6, 6.07) is 4.40. The average molecular weight is 146 g/mol. The van der Waals surface area contributed by atoms with E-state index in [4.69, 9.17) is 0 Å². The van der Waals surface area contributed by atoms with Gasteiger partial charge in [-0.15, -0.1) is 0 Å². The Hall–Kier alpha value is -1.31. The number of anilines is 1. The van der Waals surface area contributed by atoms with E-state index in [1.807, 2.05) is 6.07 Å². The Labute approximate surface area is 66.0 Å². The average Bonchev–Trinajstić information content (AvgIpc) is 2.04. The molecule has 56 valence electrons. The van der Waals surface area contributed by atoms with Crippen molar-refractivity contribution >= 4 is 11.9 Å². The van der Waals surface area contributed by atoms with Crippen LogP contribution >= 0.6 is 0 Å². The highest BCUT2D eigenvalue weighted by Gasteiger charge is 2.07. The van der Waals surface area contributed by atoms with Gasteiger partial charge in [-0.25, -0.2) is 4.98 Å². The van der Waals surface area contributed by atoms with Gasteiger partial charge in [0.15, 0.2) is 0 Å². The number of nitrogens with one attached hydrogen (secondary N) is 1. The number of rotatable bonds is 0. The van der Waals surface area contributed by atoms with Gasteiger partial charge in [-0.1, -0.05) is 12.2 Å². The summed E-state index contributed by atoms with van der Waals surface area (Å²) in [5.41, 5.74) is 1.17. The number of aromatic nitrogens is 1. The van der Waals surface area contributed by atoms with E-state index in [-0.39, 0.29) is 0 Å². The van der Waals surface area contributed by atoms with Crippen molar-refractivity contribution in [1.82, 2.24) is 4.98 Å². The zero-order chi connectivity index (χ0) is 7.68. The second-order valence-electron chi connectivity index (χ2n) is 2.73. The van der Waals surface area contributed by atoms with Crippen LogP contribution in [0.15, 0.2) is 24.4 Å². The second-order valence-corrected chi connectivity index (χ2v) is 2.73. The van der Waals surface area contributed by atoms with E-state index in [1.165, 1.54) is 5.56 Å². The van der Waals surface area contributed by atoms with Gasteiger partial charge in [-0.05, 0) is 19.1 Å². The van der Waals surface area contributed by atoms with E-state index >= 15 is 0 Å². The number of hydrogen-bond acceptors (Lipinski definition) is 2. The van der Waals surface area contributed by atoms with Gasteiger partial charge in [0, 0.05) is 17.8 Å². The van der Waals surface area contributed by atoms with Gasteiger partial charge in [0.05, 0.1) is 0 Å². The molecule has 1 unspecified atom stereocenters. The standard InChI is InChI=1S/C9H10N2/c1-7-4-5-8-3-2-6-10-9(8)11-7/h2-7H,1H3,(H,10,11). The first-order valence-corrected chi connectivity index (χ1v) is 3.76. The molecule has 0 fully saturated rings. The molecule has 0 saturated carbocycles. The molecule has 1 N–H and O–H groups in total. The van der Waals surface area contributed by atoms with Crippen LogP contribution in [0.5, 0.6) is 0 Å². The van der Waals surface area contributed by atoms with Crippen molar-refractivity contribution in [3.8, 4) is 0 Å². The van der Waals surface area contributed by atoms with E-state index in [2.05, 4.69) is 35.4 Å². The van der Waals surface area contributed by atoms with Crippen molar-refractivity contribution in [2.75, 3.05) is 5.32 Å². The number of pyridine rings is 1. The maximum absolute atomic E-state index is 4.21. The summed E-state index contributed by atoms with van der Waals surface area (Å²) in [4.78, 5) is 4.21. The molecule has 1 aromatic heterocycles. The lowest BCUT2D eigenvalue weighted by Gasteiger charge is -2.16. The van der Waals surface area contributed by atoms with Crippen molar-refractivity contribution in [1.29, 1.82) is 0 Å². The number of hydrogen-bond donors (Lipinski definition) is 1. The Bertz CT molecular complexity index is 291. The highest BCUT2D eigenvalue weighted by atomic mass is 15.0. The molecular weight excluding hydrogens is 136 g/mol. The first-order chi connectivity index (χ1) is 5.36. The highest BCUT2D eigenvalue weighted by molar-refractivity contribution is 5.66. The van der Waals surface area contributed by atoms with Crippen LogP contribution in [0.2, 0.25) is 0 Å². The van der Waals surface area contributed by atoms with E-state index in [9.17, 15) is 0 Å². The largest absolute Gasteiger partial charge is 0.364 e. The van der Waals surface area contributed by atoms with Crippen LogP contribution in [-0.4, -0.2) is 11.0 Å². The van der Waals surface area contributed by atoms with E-state index in [1.54, 1.807) is 6.20 Å². The maximum atomic E-state index is 4.21. The molecule has 0 aliphatic carbocycles. The van der Waals surface area contributed by atoms with Crippen LogP contribution in [0.1, 0.15) is 12.5 Å². The monoisotopic (exact) mass is 146 g/mol. The first kappa shape index (κ1) is 6.40. The summed E-state index contributed by atoms with van der Waals surface area (Å²) >= 11 is 0. The molecule has 0 amide bonds. The molecule has 0 spiro atoms. The predicted octanol–water partition coefficient (Wildman–Crippen LogP) is 1.91. The van der Waals surface area contributed by atoms with E-state index in [0.29, 0.717) is 6.04 Å². The first-order valence-electron chi connectivity index (χ1n) is 3.76. The van der Waals surface area contributed by atoms with Gasteiger partial charge in [-0.3, -0.25) is 0 Å². The highest BCUT2D eigenvalue weighted by Crippen LogP contribution is 2.18. The molecule has 0 aromatic carbocycles. The molecular formula is C9H10N2. The molecule has 1 aromatic rings. The molecule has 1 aliphatic rings. The minimum Gasteiger partial charge on any atom is -0.364 e. The summed E-state index contributed by atoms with van der Waals surface area (Å²) in [6.07, 6.45) is 6.03. The fraction of sp³-hybridized carbons (Fsp3) is 0.222. The summed E-state index contributed by atoms with van der Waals surface area (Å²) in [5.74, 6) is 0.988. The number of nitrogens with zero attached hydrogens (tertiary/aromatic N) is 1. The van der Waals surface area contributed by atoms with Crippen LogP contribution in [-0.2, 0) is 0 Å². The Morgan fingerprint density at radius 1 is 1.55 bits per heavy atom. The van der Waals surface area contributed by atoms with Gasteiger partial charge in [-0.2, -0.15) is 0 Å². The van der Waals surface area contributed by atoms with Crippen LogP contribution < -0.4 is 5.32 Å². The minimum absolute atomic E-state index is 0.400. The lowest BCUT2D eigenvalue weighted by molar-refractivity contribution is 0.972. The molecule has 0 saturated heterocycles. The molecule has 1 aliphatic heterocycles. The lowest BCUT2D eigenvalue weighted by Crippen LogP contribution is -2.16. The summed E-state index contributed by atoms with van der Waals surface area (Å²) in [7, 11) is 0. The Balaban J connectivity index is 2.46. The molecule has 2 nitrogen and oxygen atoms in total. The fourth-order valence-electron chi connectivity index (χ4n) is 1.18. The Kier molecular flexibility index (Phi) is 1.39. The molecule has 1 atom stereocenters. The van der Waals surface area contributed by atoms with Gasteiger partial charge in [0.2, 0.25) is 0 Å². The smallest absolute Gasteiger partial charge is 0.133 e. The fourth-order valence-corrected chi connectivity index (χ4v) is 1.18. The Morgan fingerprint density at radius 2 is 2.45 bits per heavy atom. The minimum atomic E-state index is 0.400. The van der Waals surface area contributed by atoms with Crippen molar-refractivity contribution in [3.05, 3.63) is 30.0 Å². The summed E-state index contributed by atoms with van der Waals surface area (Å²) in [6.45, 7) is 2.11. The van der Waals surface area contributed by atoms with Crippen LogP contribution in [0.4, 0.5) is 5.82 Å². The van der Waals surface area contributed by atoms with Gasteiger partial charge in [0.25, 0.3) is 0 Å². The molecule has 2 heteroatoms. The SMILES string of the molecule is CC1C=Cc2cccnc2N1. The summed E-state index contributed by atoms with van der Waals surface area (Å²) < 4.78 is 0. The number of fused-ring (bicyclic) bond motifs is 1. The van der Waals surface area contributed by atoms with Crippen molar-refractivity contribution in [3.63, 3.8) is 0 Å². The molecule has 0 bridgehead atoms. The third kappa shape index (κ3) is 1.11. The van der Waals surface area contributed by atoms with Crippen molar-refractivity contribution in [2.45, 2.75) is 13.0 Å². The van der Waals surface area contributed by atoms with Crippen molar-refractivity contribution < 1.29 is 0 Å². The maximum Gasteiger partial charge on any atom is 0.133 e. The molecule has 2 heterocycles. The zero-order valence-electron chi connectivity index (χ0n) is 6.41. The second kappa shape index (κ2) is 2.38. The third-order valence-electron chi connectivity index (χ3n) is 1.77. The van der Waals surface area contributed by atoms with Crippen molar-refractivity contribution in [2.24, 2.45) is 0 Å². The molecule has 0 radical (unpaired) electrons. The van der Waals surface area contributed by atoms with Gasteiger partial charge < -0.3 is 5.32 Å². The zero-order valence-corrected chi connectivity index (χ0v) is 6.41. The quantitative estimate of drug-likeness (QED) is 0.604. The molecule has 2 rings (SSSR count). The predicted molar refractivity (Wildman–Crippen MR) is 46.4 cm³/mol. The van der Waals surface area contributed by atoms with Gasteiger partial charge >= 0.3 is 0 Å². The lowest BCUT2D eigenvalue weighted by atomic mass is 10.1. The van der Waals surface area contributed by atoms with E-state index in [0.717, 1.165) is 5.82 Å². The third-order valence-corrected chi connectivity index (χ3v) is 1.77.